The van der Waals surface area contributed by atoms with E-state index in [0.29, 0.717) is 0 Å². The lowest BCUT2D eigenvalue weighted by Crippen LogP contribution is -2.33. The molecule has 84 valence electrons. The van der Waals surface area contributed by atoms with Crippen LogP contribution in [0.2, 0.25) is 0 Å². The van der Waals surface area contributed by atoms with Crippen molar-refractivity contribution in [2.75, 3.05) is 0 Å². The molecule has 0 aliphatic rings. The monoisotopic (exact) mass is 231 g/mol. The average Bonchev–Trinajstić information content (AvgIpc) is 2.16. The highest BCUT2D eigenvalue weighted by atomic mass is 32.2. The maximum Gasteiger partial charge on any atom is 0.268 e. The van der Waals surface area contributed by atoms with Gasteiger partial charge in [-0.25, -0.2) is 8.42 Å². The summed E-state index contributed by atoms with van der Waals surface area (Å²) in [6, 6.07) is 4.87. The van der Waals surface area contributed by atoms with Crippen molar-refractivity contribution >= 4 is 10.0 Å². The summed E-state index contributed by atoms with van der Waals surface area (Å²) in [6.07, 6.45) is 0. The lowest BCUT2D eigenvalue weighted by atomic mass is 10.3. The smallest absolute Gasteiger partial charge is 0.268 e. The fraction of sp³-hybridized carbons (Fsp3) is 0.333. The van der Waals surface area contributed by atoms with E-state index in [1.807, 2.05) is 0 Å². The lowest BCUT2D eigenvalue weighted by molar-refractivity contribution is -0.0240. The van der Waals surface area contributed by atoms with Gasteiger partial charge in [-0.15, -0.1) is 0 Å². The Kier molecular flexibility index (Phi) is 3.33. The molecule has 0 aromatic heterocycles. The van der Waals surface area contributed by atoms with Crippen molar-refractivity contribution in [2.24, 2.45) is 0 Å². The van der Waals surface area contributed by atoms with Gasteiger partial charge >= 0.3 is 0 Å². The number of sulfonamides is 1. The van der Waals surface area contributed by atoms with Crippen molar-refractivity contribution in [3.8, 4) is 5.75 Å². The summed E-state index contributed by atoms with van der Waals surface area (Å²) in [7, 11) is -4.03. The van der Waals surface area contributed by atoms with Gasteiger partial charge in [-0.2, -0.15) is 0 Å². The molecule has 0 heterocycles. The van der Waals surface area contributed by atoms with Crippen molar-refractivity contribution in [2.45, 2.75) is 24.8 Å². The van der Waals surface area contributed by atoms with Crippen LogP contribution in [0.15, 0.2) is 29.2 Å². The van der Waals surface area contributed by atoms with E-state index < -0.39 is 16.1 Å². The van der Waals surface area contributed by atoms with Crippen LogP contribution in [-0.2, 0) is 10.0 Å². The molecule has 1 aromatic carbocycles. The molecule has 0 saturated heterocycles. The molecule has 1 aromatic rings. The van der Waals surface area contributed by atoms with Crippen LogP contribution in [0.1, 0.15) is 13.8 Å². The third kappa shape index (κ3) is 2.28. The first-order valence-electron chi connectivity index (χ1n) is 4.38. The maximum atomic E-state index is 11.7. The Hall–Kier alpha value is -1.11. The minimum Gasteiger partial charge on any atom is -0.507 e. The second-order valence-corrected chi connectivity index (χ2v) is 5.10. The van der Waals surface area contributed by atoms with Gasteiger partial charge in [-0.05, 0) is 26.0 Å². The molecular weight excluding hydrogens is 218 g/mol. The van der Waals surface area contributed by atoms with E-state index in [1.54, 1.807) is 0 Å². The molecule has 1 rings (SSSR count). The Balaban J connectivity index is 3.24. The van der Waals surface area contributed by atoms with E-state index >= 15 is 0 Å². The highest BCUT2D eigenvalue weighted by molar-refractivity contribution is 7.89. The fourth-order valence-corrected chi connectivity index (χ4v) is 2.39. The topological polar surface area (TPSA) is 77.8 Å². The summed E-state index contributed by atoms with van der Waals surface area (Å²) in [5.41, 5.74) is 0. The van der Waals surface area contributed by atoms with Crippen LogP contribution in [0, 0.1) is 0 Å². The van der Waals surface area contributed by atoms with Gasteiger partial charge in [0, 0.05) is 6.04 Å². The van der Waals surface area contributed by atoms with E-state index in [0.717, 1.165) is 0 Å². The van der Waals surface area contributed by atoms with Crippen molar-refractivity contribution < 1.29 is 18.7 Å². The van der Waals surface area contributed by atoms with E-state index in [4.69, 9.17) is 0 Å². The molecule has 0 aliphatic heterocycles. The van der Waals surface area contributed by atoms with Crippen molar-refractivity contribution in [3.63, 3.8) is 0 Å². The fourth-order valence-electron chi connectivity index (χ4n) is 1.05. The molecule has 0 amide bonds. The van der Waals surface area contributed by atoms with Crippen LogP contribution in [0.3, 0.4) is 0 Å². The minimum atomic E-state index is -4.03. The summed E-state index contributed by atoms with van der Waals surface area (Å²) in [5.74, 6) is -0.378. The van der Waals surface area contributed by atoms with Gasteiger partial charge in [0.15, 0.2) is 0 Å². The highest BCUT2D eigenvalue weighted by Gasteiger charge is 2.27. The summed E-state index contributed by atoms with van der Waals surface area (Å²) in [6.45, 7) is 3.05. The molecule has 5 nitrogen and oxygen atoms in total. The van der Waals surface area contributed by atoms with Crippen LogP contribution in [0.5, 0.6) is 5.75 Å². The van der Waals surface area contributed by atoms with Crippen LogP contribution in [0.4, 0.5) is 0 Å². The van der Waals surface area contributed by atoms with E-state index in [9.17, 15) is 18.7 Å². The van der Waals surface area contributed by atoms with Gasteiger partial charge in [0.1, 0.15) is 10.6 Å². The molecule has 15 heavy (non-hydrogen) atoms. The normalized spacial score (nSPS) is 12.3. The Labute approximate surface area is 88.6 Å². The molecule has 0 atom stereocenters. The van der Waals surface area contributed by atoms with Crippen molar-refractivity contribution in [1.29, 1.82) is 0 Å². The number of rotatable bonds is 3. The molecule has 0 bridgehead atoms. The Morgan fingerprint density at radius 1 is 1.27 bits per heavy atom. The third-order valence-electron chi connectivity index (χ3n) is 1.83. The molecular formula is C9H13NO4S. The van der Waals surface area contributed by atoms with Gasteiger partial charge in [0.05, 0.1) is 0 Å². The molecule has 6 heteroatoms. The molecule has 0 unspecified atom stereocenters. The predicted octanol–water partition coefficient (Wildman–Crippen LogP) is 1.18. The molecule has 0 aliphatic carbocycles. The van der Waals surface area contributed by atoms with E-state index in [1.165, 1.54) is 38.1 Å². The van der Waals surface area contributed by atoms with Gasteiger partial charge in [0.2, 0.25) is 0 Å². The second kappa shape index (κ2) is 4.18. The molecule has 0 spiro atoms. The number of nitrogens with zero attached hydrogens (tertiary/aromatic N) is 1. The average molecular weight is 231 g/mol. The van der Waals surface area contributed by atoms with Crippen LogP contribution < -0.4 is 0 Å². The Morgan fingerprint density at radius 3 is 2.27 bits per heavy atom. The zero-order valence-corrected chi connectivity index (χ0v) is 9.27. The molecule has 2 N–H and O–H groups in total. The number of benzene rings is 1. The summed E-state index contributed by atoms with van der Waals surface area (Å²) in [5, 5.41) is 18.7. The quantitative estimate of drug-likeness (QED) is 0.766. The van der Waals surface area contributed by atoms with Gasteiger partial charge in [-0.1, -0.05) is 16.6 Å². The highest BCUT2D eigenvalue weighted by Crippen LogP contribution is 2.24. The first-order valence-corrected chi connectivity index (χ1v) is 5.82. The number of phenolic OH excluding ortho intramolecular Hbond substituents is 1. The zero-order chi connectivity index (χ0) is 11.6. The molecule has 0 radical (unpaired) electrons. The van der Waals surface area contributed by atoms with Crippen LogP contribution >= 0.6 is 0 Å². The number of hydrogen-bond donors (Lipinski definition) is 2. The Bertz CT molecular complexity index is 441. The molecule has 0 fully saturated rings. The number of hydroxylamine groups is 1. The van der Waals surface area contributed by atoms with Gasteiger partial charge < -0.3 is 5.11 Å². The zero-order valence-electron chi connectivity index (χ0n) is 8.45. The number of para-hydroxylation sites is 1. The summed E-state index contributed by atoms with van der Waals surface area (Å²) < 4.78 is 23.6. The first kappa shape index (κ1) is 12.0. The number of phenols is 1. The van der Waals surface area contributed by atoms with Crippen molar-refractivity contribution in [3.05, 3.63) is 24.3 Å². The van der Waals surface area contributed by atoms with Crippen LogP contribution in [0.25, 0.3) is 0 Å². The SMILES string of the molecule is CC(C)N(O)S(=O)(=O)c1ccccc1O. The predicted molar refractivity (Wildman–Crippen MR) is 54.1 cm³/mol. The Morgan fingerprint density at radius 2 is 1.80 bits per heavy atom. The lowest BCUT2D eigenvalue weighted by Gasteiger charge is -2.18. The number of aromatic hydroxyl groups is 1. The number of hydrogen-bond acceptors (Lipinski definition) is 4. The van der Waals surface area contributed by atoms with Crippen molar-refractivity contribution in [1.82, 2.24) is 4.47 Å². The second-order valence-electron chi connectivity index (χ2n) is 3.34. The third-order valence-corrected chi connectivity index (χ3v) is 3.65. The minimum absolute atomic E-state index is 0.224. The van der Waals surface area contributed by atoms with Crippen LogP contribution in [-0.4, -0.2) is 29.2 Å². The standard InChI is InChI=1S/C9H13NO4S/c1-7(2)10(12)15(13,14)9-6-4-3-5-8(9)11/h3-7,11-12H,1-2H3. The van der Waals surface area contributed by atoms with E-state index in [-0.39, 0.29) is 15.1 Å². The van der Waals surface area contributed by atoms with Gasteiger partial charge in [-0.3, -0.25) is 5.21 Å². The molecule has 0 saturated carbocycles. The van der Waals surface area contributed by atoms with E-state index in [2.05, 4.69) is 0 Å². The van der Waals surface area contributed by atoms with Gasteiger partial charge in [0.25, 0.3) is 10.0 Å². The summed E-state index contributed by atoms with van der Waals surface area (Å²) >= 11 is 0. The first-order chi connectivity index (χ1) is 6.87. The largest absolute Gasteiger partial charge is 0.507 e. The summed E-state index contributed by atoms with van der Waals surface area (Å²) in [4.78, 5) is -0.304. The maximum absolute atomic E-state index is 11.7.